The van der Waals surface area contributed by atoms with Crippen molar-refractivity contribution in [2.45, 2.75) is 32.5 Å². The van der Waals surface area contributed by atoms with Crippen molar-refractivity contribution in [2.75, 3.05) is 5.32 Å². The van der Waals surface area contributed by atoms with E-state index in [1.165, 1.54) is 36.4 Å². The predicted molar refractivity (Wildman–Crippen MR) is 92.9 cm³/mol. The molecule has 0 saturated heterocycles. The summed E-state index contributed by atoms with van der Waals surface area (Å²) >= 11 is 0. The van der Waals surface area contributed by atoms with Crippen LogP contribution in [0.5, 0.6) is 5.75 Å². The molecule has 0 aromatic heterocycles. The molecule has 0 spiro atoms. The summed E-state index contributed by atoms with van der Waals surface area (Å²) < 4.78 is 44.7. The first-order chi connectivity index (χ1) is 12.6. The van der Waals surface area contributed by atoms with E-state index in [4.69, 9.17) is 9.84 Å². The SMILES string of the molecule is CC(C)Oc1ccc(C(=O)O)cc1NC(=O)Cc1ccccc1C(F)(F)F. The Morgan fingerprint density at radius 1 is 1.15 bits per heavy atom. The zero-order chi connectivity index (χ0) is 20.2. The van der Waals surface area contributed by atoms with E-state index in [1.54, 1.807) is 13.8 Å². The molecule has 0 aliphatic rings. The zero-order valence-corrected chi connectivity index (χ0v) is 14.6. The number of alkyl halides is 3. The van der Waals surface area contributed by atoms with E-state index in [0.717, 1.165) is 6.07 Å². The minimum absolute atomic E-state index is 0.0816. The monoisotopic (exact) mass is 381 g/mol. The van der Waals surface area contributed by atoms with Gasteiger partial charge >= 0.3 is 12.1 Å². The number of halogens is 3. The van der Waals surface area contributed by atoms with Crippen LogP contribution in [-0.2, 0) is 17.4 Å². The van der Waals surface area contributed by atoms with Crippen LogP contribution in [0.15, 0.2) is 42.5 Å². The first-order valence-corrected chi connectivity index (χ1v) is 8.07. The summed E-state index contributed by atoms with van der Waals surface area (Å²) in [5.74, 6) is -1.70. The Balaban J connectivity index is 2.28. The summed E-state index contributed by atoms with van der Waals surface area (Å²) in [6, 6.07) is 8.69. The summed E-state index contributed by atoms with van der Waals surface area (Å²) in [7, 11) is 0. The topological polar surface area (TPSA) is 75.6 Å². The number of nitrogens with one attached hydrogen (secondary N) is 1. The van der Waals surface area contributed by atoms with E-state index < -0.39 is 30.0 Å². The Kier molecular flexibility index (Phi) is 6.09. The van der Waals surface area contributed by atoms with Gasteiger partial charge in [0.15, 0.2) is 0 Å². The molecule has 27 heavy (non-hydrogen) atoms. The second-order valence-electron chi connectivity index (χ2n) is 6.06. The van der Waals surface area contributed by atoms with Gasteiger partial charge in [0, 0.05) is 0 Å². The third-order valence-electron chi connectivity index (χ3n) is 3.54. The van der Waals surface area contributed by atoms with Crippen molar-refractivity contribution >= 4 is 17.6 Å². The standard InChI is InChI=1S/C19H18F3NO4/c1-11(2)27-16-8-7-13(18(25)26)9-15(16)23-17(24)10-12-5-3-4-6-14(12)19(20,21)22/h3-9,11H,10H2,1-2H3,(H,23,24)(H,25,26). The summed E-state index contributed by atoms with van der Waals surface area (Å²) in [5, 5.41) is 11.5. The highest BCUT2D eigenvalue weighted by molar-refractivity contribution is 5.96. The molecule has 0 aliphatic carbocycles. The molecule has 2 N–H and O–H groups in total. The largest absolute Gasteiger partial charge is 0.489 e. The molecule has 2 rings (SSSR count). The fourth-order valence-electron chi connectivity index (χ4n) is 2.44. The predicted octanol–water partition coefficient (Wildman–Crippen LogP) is 4.37. The van der Waals surface area contributed by atoms with Crippen LogP contribution < -0.4 is 10.1 Å². The number of carbonyl (C=O) groups is 2. The molecule has 0 unspecified atom stereocenters. The first kappa shape index (κ1) is 20.3. The first-order valence-electron chi connectivity index (χ1n) is 8.07. The lowest BCUT2D eigenvalue weighted by Crippen LogP contribution is -2.19. The normalized spacial score (nSPS) is 11.3. The summed E-state index contributed by atoms with van der Waals surface area (Å²) in [6.07, 6.45) is -5.34. The molecule has 1 amide bonds. The van der Waals surface area contributed by atoms with E-state index in [2.05, 4.69) is 5.32 Å². The number of rotatable bonds is 6. The average molecular weight is 381 g/mol. The van der Waals surface area contributed by atoms with E-state index in [9.17, 15) is 22.8 Å². The van der Waals surface area contributed by atoms with Gasteiger partial charge in [-0.25, -0.2) is 4.79 Å². The Labute approximate surface area is 153 Å². The van der Waals surface area contributed by atoms with Crippen molar-refractivity contribution in [1.82, 2.24) is 0 Å². The maximum Gasteiger partial charge on any atom is 0.416 e. The van der Waals surface area contributed by atoms with Crippen molar-refractivity contribution in [1.29, 1.82) is 0 Å². The van der Waals surface area contributed by atoms with Crippen molar-refractivity contribution < 1.29 is 32.6 Å². The molecule has 0 bridgehead atoms. The molecule has 2 aromatic carbocycles. The van der Waals surface area contributed by atoms with Crippen molar-refractivity contribution in [3.63, 3.8) is 0 Å². The Morgan fingerprint density at radius 3 is 2.41 bits per heavy atom. The maximum atomic E-state index is 13.1. The van der Waals surface area contributed by atoms with Gasteiger partial charge in [-0.3, -0.25) is 4.79 Å². The fraction of sp³-hybridized carbons (Fsp3) is 0.263. The van der Waals surface area contributed by atoms with Crippen molar-refractivity contribution in [3.8, 4) is 5.75 Å². The van der Waals surface area contributed by atoms with Crippen LogP contribution in [-0.4, -0.2) is 23.1 Å². The van der Waals surface area contributed by atoms with Gasteiger partial charge in [-0.05, 0) is 43.7 Å². The molecule has 5 nitrogen and oxygen atoms in total. The second-order valence-corrected chi connectivity index (χ2v) is 6.06. The summed E-state index contributed by atoms with van der Waals surface area (Å²) in [4.78, 5) is 23.4. The molecule has 0 atom stereocenters. The van der Waals surface area contributed by atoms with Gasteiger partial charge in [0.2, 0.25) is 5.91 Å². The quantitative estimate of drug-likeness (QED) is 0.779. The van der Waals surface area contributed by atoms with Gasteiger partial charge in [0.25, 0.3) is 0 Å². The number of carbonyl (C=O) groups excluding carboxylic acids is 1. The van der Waals surface area contributed by atoms with Gasteiger partial charge < -0.3 is 15.2 Å². The number of hydrogen-bond acceptors (Lipinski definition) is 3. The van der Waals surface area contributed by atoms with Crippen LogP contribution in [0.4, 0.5) is 18.9 Å². The summed E-state index contributed by atoms with van der Waals surface area (Å²) in [5.41, 5.74) is -1.07. The number of amides is 1. The molecule has 0 radical (unpaired) electrons. The van der Waals surface area contributed by atoms with Gasteiger partial charge in [-0.15, -0.1) is 0 Å². The number of carboxylic acids is 1. The van der Waals surface area contributed by atoms with Crippen LogP contribution >= 0.6 is 0 Å². The van der Waals surface area contributed by atoms with Gasteiger partial charge in [0.05, 0.1) is 29.3 Å². The van der Waals surface area contributed by atoms with Crippen molar-refractivity contribution in [3.05, 3.63) is 59.2 Å². The van der Waals surface area contributed by atoms with Gasteiger partial charge in [-0.2, -0.15) is 13.2 Å². The van der Waals surface area contributed by atoms with Crippen LogP contribution in [0, 0.1) is 0 Å². The Morgan fingerprint density at radius 2 is 1.81 bits per heavy atom. The minimum atomic E-state index is -4.58. The Hall–Kier alpha value is -3.03. The molecule has 0 fully saturated rings. The highest BCUT2D eigenvalue weighted by Gasteiger charge is 2.33. The third kappa shape index (κ3) is 5.47. The second kappa shape index (κ2) is 8.11. The smallest absolute Gasteiger partial charge is 0.416 e. The lowest BCUT2D eigenvalue weighted by Gasteiger charge is -2.16. The molecule has 144 valence electrons. The molecule has 0 heterocycles. The molecule has 8 heteroatoms. The van der Waals surface area contributed by atoms with Crippen molar-refractivity contribution in [2.24, 2.45) is 0 Å². The summed E-state index contributed by atoms with van der Waals surface area (Å²) in [6.45, 7) is 3.49. The van der Waals surface area contributed by atoms with E-state index >= 15 is 0 Å². The third-order valence-corrected chi connectivity index (χ3v) is 3.54. The molecular formula is C19H18F3NO4. The molecule has 0 aliphatic heterocycles. The lowest BCUT2D eigenvalue weighted by molar-refractivity contribution is -0.138. The molecule has 2 aromatic rings. The molecule has 0 saturated carbocycles. The fourth-order valence-corrected chi connectivity index (χ4v) is 2.44. The number of ether oxygens (including phenoxy) is 1. The number of benzene rings is 2. The van der Waals surface area contributed by atoms with E-state index in [0.29, 0.717) is 0 Å². The highest BCUT2D eigenvalue weighted by atomic mass is 19.4. The molecular weight excluding hydrogens is 363 g/mol. The van der Waals surface area contributed by atoms with Crippen LogP contribution in [0.3, 0.4) is 0 Å². The number of hydrogen-bond donors (Lipinski definition) is 2. The van der Waals surface area contributed by atoms with Crippen LogP contribution in [0.25, 0.3) is 0 Å². The van der Waals surface area contributed by atoms with Crippen LogP contribution in [0.2, 0.25) is 0 Å². The zero-order valence-electron chi connectivity index (χ0n) is 14.6. The highest BCUT2D eigenvalue weighted by Crippen LogP contribution is 2.32. The number of aromatic carboxylic acids is 1. The number of anilines is 1. The lowest BCUT2D eigenvalue weighted by atomic mass is 10.0. The van der Waals surface area contributed by atoms with Crippen LogP contribution in [0.1, 0.15) is 35.3 Å². The maximum absolute atomic E-state index is 13.1. The Bertz CT molecular complexity index is 847. The van der Waals surface area contributed by atoms with E-state index in [1.807, 2.05) is 0 Å². The van der Waals surface area contributed by atoms with Gasteiger partial charge in [-0.1, -0.05) is 18.2 Å². The van der Waals surface area contributed by atoms with Gasteiger partial charge in [0.1, 0.15) is 5.75 Å². The van der Waals surface area contributed by atoms with E-state index in [-0.39, 0.29) is 28.7 Å². The number of carboxylic acid groups (broad SMARTS) is 1. The minimum Gasteiger partial charge on any atom is -0.489 e. The average Bonchev–Trinajstić information content (AvgIpc) is 2.55.